The third-order valence-electron chi connectivity index (χ3n) is 5.67. The number of ether oxygens (including phenoxy) is 4. The normalized spacial score (nSPS) is 14.7. The van der Waals surface area contributed by atoms with Crippen molar-refractivity contribution >= 4 is 23.5 Å². The summed E-state index contributed by atoms with van der Waals surface area (Å²) in [4.78, 5) is 17.3. The molecule has 34 heavy (non-hydrogen) atoms. The van der Waals surface area contributed by atoms with E-state index in [1.165, 1.54) is 7.11 Å². The first-order valence-electron chi connectivity index (χ1n) is 11.6. The second kappa shape index (κ2) is 12.8. The second-order valence-corrected chi connectivity index (χ2v) is 8.32. The van der Waals surface area contributed by atoms with Crippen LogP contribution in [0.25, 0.3) is 0 Å². The number of anilines is 2. The van der Waals surface area contributed by atoms with Gasteiger partial charge in [-0.25, -0.2) is 0 Å². The molecule has 188 valence electrons. The van der Waals surface area contributed by atoms with Gasteiger partial charge < -0.3 is 29.6 Å². The van der Waals surface area contributed by atoms with E-state index in [0.717, 1.165) is 38.0 Å². The van der Waals surface area contributed by atoms with Gasteiger partial charge in [-0.05, 0) is 44.4 Å². The molecule has 1 aromatic carbocycles. The molecule has 2 heterocycles. The maximum Gasteiger partial charge on any atom is 0.322 e. The number of nitrogens with two attached hydrogens (primary N) is 1. The molecular formula is C23H35ClN6O4. The number of piperidine rings is 1. The number of methoxy groups -OCH3 is 2. The van der Waals surface area contributed by atoms with Gasteiger partial charge in [0.25, 0.3) is 0 Å². The minimum absolute atomic E-state index is 0.139. The summed E-state index contributed by atoms with van der Waals surface area (Å²) in [5, 5.41) is 0.520. The van der Waals surface area contributed by atoms with Crippen LogP contribution in [-0.4, -0.2) is 79.6 Å². The lowest BCUT2D eigenvalue weighted by molar-refractivity contribution is 0.181. The van der Waals surface area contributed by atoms with Crippen molar-refractivity contribution < 1.29 is 18.9 Å². The molecule has 0 bridgehead atoms. The van der Waals surface area contributed by atoms with Crippen molar-refractivity contribution in [2.45, 2.75) is 39.3 Å². The lowest BCUT2D eigenvalue weighted by atomic mass is 10.0. The zero-order valence-corrected chi connectivity index (χ0v) is 21.2. The number of likely N-dealkylation sites (tertiary alicyclic amines) is 1. The van der Waals surface area contributed by atoms with E-state index in [0.29, 0.717) is 48.8 Å². The highest BCUT2D eigenvalue weighted by Gasteiger charge is 2.27. The number of aromatic nitrogens is 3. The molecule has 3 rings (SSSR count). The molecule has 1 aliphatic rings. The smallest absolute Gasteiger partial charge is 0.322 e. The molecule has 1 aliphatic heterocycles. The molecule has 0 atom stereocenters. The number of hydrogen-bond donors (Lipinski definition) is 1. The molecule has 0 aliphatic carbocycles. The minimum Gasteiger partial charge on any atom is -0.492 e. The summed E-state index contributed by atoms with van der Waals surface area (Å²) in [5.74, 6) is 1.97. The first kappa shape index (κ1) is 26.1. The Bertz CT molecular complexity index is 899. The Morgan fingerprint density at radius 1 is 1.06 bits per heavy atom. The number of hydrogen-bond acceptors (Lipinski definition) is 10. The van der Waals surface area contributed by atoms with Gasteiger partial charge in [-0.15, -0.1) is 0 Å². The fourth-order valence-corrected chi connectivity index (χ4v) is 4.32. The Morgan fingerprint density at radius 3 is 2.26 bits per heavy atom. The highest BCUT2D eigenvalue weighted by molar-refractivity contribution is 6.33. The Balaban J connectivity index is 1.70. The van der Waals surface area contributed by atoms with Gasteiger partial charge in [0.2, 0.25) is 11.9 Å². The predicted octanol–water partition coefficient (Wildman–Crippen LogP) is 3.03. The number of benzene rings is 1. The first-order chi connectivity index (χ1) is 16.5. The molecule has 2 N–H and O–H groups in total. The molecule has 0 unspecified atom stereocenters. The molecule has 0 spiro atoms. The molecule has 0 amide bonds. The summed E-state index contributed by atoms with van der Waals surface area (Å²) >= 11 is 6.45. The van der Waals surface area contributed by atoms with Crippen molar-refractivity contribution in [2.24, 2.45) is 0 Å². The maximum atomic E-state index is 6.45. The van der Waals surface area contributed by atoms with Gasteiger partial charge in [-0.2, -0.15) is 15.0 Å². The van der Waals surface area contributed by atoms with Crippen LogP contribution in [-0.2, 0) is 11.3 Å². The maximum absolute atomic E-state index is 6.45. The van der Waals surface area contributed by atoms with Crippen molar-refractivity contribution in [2.75, 3.05) is 64.3 Å². The predicted molar refractivity (Wildman–Crippen MR) is 132 cm³/mol. The number of halogens is 1. The number of nitrogens with zero attached hydrogens (tertiary/aromatic N) is 5. The molecule has 0 saturated carbocycles. The molecular weight excluding hydrogens is 460 g/mol. The van der Waals surface area contributed by atoms with Crippen LogP contribution in [0.1, 0.15) is 32.3 Å². The number of nitrogen functional groups attached to an aromatic ring is 1. The molecule has 11 heteroatoms. The fourth-order valence-electron chi connectivity index (χ4n) is 4.10. The quantitative estimate of drug-likeness (QED) is 0.472. The highest BCUT2D eigenvalue weighted by Crippen LogP contribution is 2.36. The standard InChI is InChI=1S/C23H35ClN6O4/c1-5-33-18-13-16(14-19(20(18)24)34-6-2)15-29-9-7-17(8-10-29)30(11-12-31-3)22-26-21(25)27-23(28-22)32-4/h13-14,17H,5-12,15H2,1-4H3,(H2,25,26,27,28). The Morgan fingerprint density at radius 2 is 1.71 bits per heavy atom. The van der Waals surface area contributed by atoms with Gasteiger partial charge in [0.05, 0.1) is 26.9 Å². The SMILES string of the molecule is CCOc1cc(CN2CCC(N(CCOC)c3nc(N)nc(OC)n3)CC2)cc(OCC)c1Cl. The third kappa shape index (κ3) is 6.74. The van der Waals surface area contributed by atoms with E-state index in [9.17, 15) is 0 Å². The summed E-state index contributed by atoms with van der Waals surface area (Å²) in [6, 6.07) is 4.47. The molecule has 1 fully saturated rings. The fraction of sp³-hybridized carbons (Fsp3) is 0.609. The lowest BCUT2D eigenvalue weighted by Gasteiger charge is -2.38. The van der Waals surface area contributed by atoms with E-state index >= 15 is 0 Å². The summed E-state index contributed by atoms with van der Waals surface area (Å²) < 4.78 is 22.0. The third-order valence-corrected chi connectivity index (χ3v) is 6.04. The van der Waals surface area contributed by atoms with Crippen molar-refractivity contribution in [3.63, 3.8) is 0 Å². The zero-order chi connectivity index (χ0) is 24.5. The monoisotopic (exact) mass is 494 g/mol. The van der Waals surface area contributed by atoms with Crippen molar-refractivity contribution in [3.8, 4) is 17.5 Å². The van der Waals surface area contributed by atoms with Crippen molar-refractivity contribution in [1.29, 1.82) is 0 Å². The van der Waals surface area contributed by atoms with Crippen LogP contribution in [0.5, 0.6) is 17.5 Å². The average molecular weight is 495 g/mol. The second-order valence-electron chi connectivity index (χ2n) is 7.95. The molecule has 1 saturated heterocycles. The van der Waals surface area contributed by atoms with E-state index in [-0.39, 0.29) is 18.0 Å². The summed E-state index contributed by atoms with van der Waals surface area (Å²) in [7, 11) is 3.20. The van der Waals surface area contributed by atoms with Crippen LogP contribution in [0.15, 0.2) is 12.1 Å². The van der Waals surface area contributed by atoms with Crippen molar-refractivity contribution in [3.05, 3.63) is 22.7 Å². The van der Waals surface area contributed by atoms with Crippen LogP contribution < -0.4 is 24.8 Å². The summed E-state index contributed by atoms with van der Waals surface area (Å²) in [6.07, 6.45) is 1.89. The first-order valence-corrected chi connectivity index (χ1v) is 12.0. The van der Waals surface area contributed by atoms with Crippen LogP contribution in [0.3, 0.4) is 0 Å². The van der Waals surface area contributed by atoms with Gasteiger partial charge in [-0.1, -0.05) is 11.6 Å². The summed E-state index contributed by atoms with van der Waals surface area (Å²) in [6.45, 7) is 8.81. The molecule has 0 radical (unpaired) electrons. The Kier molecular flexibility index (Phi) is 9.79. The van der Waals surface area contributed by atoms with E-state index in [4.69, 9.17) is 36.3 Å². The lowest BCUT2D eigenvalue weighted by Crippen LogP contribution is -2.46. The topological polar surface area (TPSA) is 108 Å². The number of rotatable bonds is 12. The highest BCUT2D eigenvalue weighted by atomic mass is 35.5. The molecule has 10 nitrogen and oxygen atoms in total. The largest absolute Gasteiger partial charge is 0.492 e. The van der Waals surface area contributed by atoms with Crippen molar-refractivity contribution in [1.82, 2.24) is 19.9 Å². The van der Waals surface area contributed by atoms with Gasteiger partial charge in [0.15, 0.2) is 0 Å². The van der Waals surface area contributed by atoms with Gasteiger partial charge >= 0.3 is 6.01 Å². The summed E-state index contributed by atoms with van der Waals surface area (Å²) in [5.41, 5.74) is 6.99. The minimum atomic E-state index is 0.139. The van der Waals surface area contributed by atoms with Crippen LogP contribution in [0.4, 0.5) is 11.9 Å². The van der Waals surface area contributed by atoms with Crippen LogP contribution >= 0.6 is 11.6 Å². The van der Waals surface area contributed by atoms with E-state index in [2.05, 4.69) is 24.8 Å². The van der Waals surface area contributed by atoms with Gasteiger partial charge in [0.1, 0.15) is 16.5 Å². The van der Waals surface area contributed by atoms with Crippen LogP contribution in [0, 0.1) is 0 Å². The Hall–Kier alpha value is -2.56. The molecule has 1 aromatic heterocycles. The van der Waals surface area contributed by atoms with Crippen LogP contribution in [0.2, 0.25) is 5.02 Å². The zero-order valence-electron chi connectivity index (χ0n) is 20.4. The molecule has 2 aromatic rings. The Labute approximate surface area is 206 Å². The van der Waals surface area contributed by atoms with E-state index in [1.54, 1.807) is 7.11 Å². The van der Waals surface area contributed by atoms with Gasteiger partial charge in [-0.3, -0.25) is 4.90 Å². The van der Waals surface area contributed by atoms with E-state index < -0.39 is 0 Å². The van der Waals surface area contributed by atoms with Gasteiger partial charge in [0, 0.05) is 39.3 Å². The average Bonchev–Trinajstić information content (AvgIpc) is 2.83. The van der Waals surface area contributed by atoms with E-state index in [1.807, 2.05) is 26.0 Å².